The van der Waals surface area contributed by atoms with Crippen LogP contribution in [0.5, 0.6) is 0 Å². The molecule has 0 saturated carbocycles. The molecular formula is C32H25N5O2S. The van der Waals surface area contributed by atoms with E-state index >= 15 is 0 Å². The van der Waals surface area contributed by atoms with E-state index in [9.17, 15) is 5.11 Å². The maximum Gasteiger partial charge on any atom is 0.174 e. The zero-order valence-electron chi connectivity index (χ0n) is 21.4. The van der Waals surface area contributed by atoms with Crippen molar-refractivity contribution in [1.29, 1.82) is 0 Å². The van der Waals surface area contributed by atoms with E-state index in [4.69, 9.17) is 4.74 Å². The van der Waals surface area contributed by atoms with Crippen LogP contribution >= 0.6 is 11.3 Å². The molecule has 0 bridgehead atoms. The molecule has 2 aromatic carbocycles. The number of pyridine rings is 2. The molecule has 5 aromatic heterocycles. The van der Waals surface area contributed by atoms with Crippen LogP contribution in [0.4, 0.5) is 0 Å². The molecule has 0 atom stereocenters. The van der Waals surface area contributed by atoms with Crippen LogP contribution in [0.1, 0.15) is 27.4 Å². The van der Waals surface area contributed by atoms with Crippen molar-refractivity contribution in [3.05, 3.63) is 137 Å². The lowest BCUT2D eigenvalue weighted by atomic mass is 9.86. The summed E-state index contributed by atoms with van der Waals surface area (Å²) < 4.78 is 7.02. The number of hydrogen-bond donors (Lipinski definition) is 3. The van der Waals surface area contributed by atoms with Gasteiger partial charge < -0.3 is 14.8 Å². The minimum absolute atomic E-state index is 0.509. The molecule has 196 valence electrons. The first kappa shape index (κ1) is 24.4. The Bertz CT molecular complexity index is 1860. The van der Waals surface area contributed by atoms with E-state index < -0.39 is 5.60 Å². The van der Waals surface area contributed by atoms with Crippen LogP contribution < -0.4 is 0 Å². The summed E-state index contributed by atoms with van der Waals surface area (Å²) in [5.74, 6) is 0. The van der Waals surface area contributed by atoms with Gasteiger partial charge in [0.2, 0.25) is 0 Å². The molecule has 0 aliphatic carbocycles. The lowest BCUT2D eigenvalue weighted by Gasteiger charge is -2.27. The Morgan fingerprint density at radius 1 is 0.775 bits per heavy atom. The third-order valence-electron chi connectivity index (χ3n) is 7.01. The molecule has 5 heterocycles. The predicted octanol–water partition coefficient (Wildman–Crippen LogP) is 6.56. The van der Waals surface area contributed by atoms with Crippen LogP contribution in [0, 0.1) is 0 Å². The zero-order chi connectivity index (χ0) is 26.9. The number of fused-ring (bicyclic) bond motifs is 2. The minimum Gasteiger partial charge on any atom is -0.373 e. The first-order valence-electron chi connectivity index (χ1n) is 13.0. The smallest absolute Gasteiger partial charge is 0.174 e. The number of thiophene rings is 1. The Balaban J connectivity index is 1.21. The number of nitrogens with zero attached hydrogens (tertiary/aromatic N) is 3. The van der Waals surface area contributed by atoms with Gasteiger partial charge in [0.1, 0.15) is 5.69 Å². The summed E-state index contributed by atoms with van der Waals surface area (Å²) in [7, 11) is 0. The molecule has 7 aromatic rings. The summed E-state index contributed by atoms with van der Waals surface area (Å²) >= 11 is 1.68. The van der Waals surface area contributed by atoms with Crippen molar-refractivity contribution in [1.82, 2.24) is 25.1 Å². The Kier molecular flexibility index (Phi) is 6.20. The van der Waals surface area contributed by atoms with Crippen molar-refractivity contribution in [3.8, 4) is 11.4 Å². The van der Waals surface area contributed by atoms with Gasteiger partial charge in [-0.1, -0.05) is 54.6 Å². The van der Waals surface area contributed by atoms with Gasteiger partial charge in [-0.05, 0) is 53.6 Å². The number of hydrogen-bond acceptors (Lipinski definition) is 6. The van der Waals surface area contributed by atoms with Gasteiger partial charge in [-0.3, -0.25) is 15.1 Å². The standard InChI is InChI=1S/C32H25N5O2S/c38-32(28-10-4-6-14-33-28,29-11-5-7-15-34-29)23-13-12-22-16-26(35-25(22)17-23)30-31-27(36-37-30)18-24(40-31)20-39-19-21-8-2-1-3-9-21/h1-18,35,38H,19-20H2,(H,36,37). The first-order valence-corrected chi connectivity index (χ1v) is 13.8. The normalized spacial score (nSPS) is 11.9. The second-order valence-corrected chi connectivity index (χ2v) is 10.8. The van der Waals surface area contributed by atoms with Gasteiger partial charge in [-0.25, -0.2) is 0 Å². The number of rotatable bonds is 8. The van der Waals surface area contributed by atoms with Crippen LogP contribution in [-0.2, 0) is 23.6 Å². The predicted molar refractivity (Wildman–Crippen MR) is 157 cm³/mol. The van der Waals surface area contributed by atoms with Gasteiger partial charge in [-0.2, -0.15) is 5.10 Å². The summed E-state index contributed by atoms with van der Waals surface area (Å²) in [5, 5.41) is 20.9. The lowest BCUT2D eigenvalue weighted by molar-refractivity contribution is 0.109. The number of aliphatic hydroxyl groups is 1. The maximum absolute atomic E-state index is 12.1. The largest absolute Gasteiger partial charge is 0.373 e. The summed E-state index contributed by atoms with van der Waals surface area (Å²) in [5.41, 5.74) is 4.96. The molecule has 40 heavy (non-hydrogen) atoms. The molecule has 0 aliphatic rings. The molecule has 0 saturated heterocycles. The second kappa shape index (κ2) is 10.2. The fourth-order valence-corrected chi connectivity index (χ4v) is 6.07. The Labute approximate surface area is 234 Å². The fourth-order valence-electron chi connectivity index (χ4n) is 5.03. The maximum atomic E-state index is 12.1. The highest BCUT2D eigenvalue weighted by atomic mass is 32.1. The average Bonchev–Trinajstić information content (AvgIpc) is 3.72. The van der Waals surface area contributed by atoms with E-state index in [-0.39, 0.29) is 0 Å². The number of aromatic amines is 2. The Morgan fingerprint density at radius 2 is 1.52 bits per heavy atom. The van der Waals surface area contributed by atoms with Crippen LogP contribution in [0.3, 0.4) is 0 Å². The molecular weight excluding hydrogens is 518 g/mol. The molecule has 8 heteroatoms. The molecule has 0 radical (unpaired) electrons. The van der Waals surface area contributed by atoms with Gasteiger partial charge in [0.15, 0.2) is 5.60 Å². The SMILES string of the molecule is OC(c1ccc2cc(-c3n[nH]c4cc(COCc5ccccc5)sc34)[nH]c2c1)(c1ccccn1)c1ccccn1. The molecule has 0 amide bonds. The fraction of sp³-hybridized carbons (Fsp3) is 0.0938. The Morgan fingerprint density at radius 3 is 2.25 bits per heavy atom. The number of H-pyrrole nitrogens is 2. The quantitative estimate of drug-likeness (QED) is 0.201. The molecule has 3 N–H and O–H groups in total. The zero-order valence-corrected chi connectivity index (χ0v) is 22.2. The number of aromatic nitrogens is 5. The number of nitrogens with one attached hydrogen (secondary N) is 2. The van der Waals surface area contributed by atoms with Crippen LogP contribution in [0.15, 0.2) is 109 Å². The summed E-state index contributed by atoms with van der Waals surface area (Å²) in [6.07, 6.45) is 3.36. The molecule has 0 unspecified atom stereocenters. The summed E-state index contributed by atoms with van der Waals surface area (Å²) in [6, 6.07) is 31.3. The van der Waals surface area contributed by atoms with E-state index in [0.717, 1.165) is 42.9 Å². The van der Waals surface area contributed by atoms with E-state index in [1.807, 2.05) is 72.8 Å². The van der Waals surface area contributed by atoms with Crippen molar-refractivity contribution in [2.45, 2.75) is 18.8 Å². The van der Waals surface area contributed by atoms with E-state index in [1.165, 1.54) is 0 Å². The van der Waals surface area contributed by atoms with Crippen LogP contribution in [0.25, 0.3) is 32.5 Å². The van der Waals surface area contributed by atoms with Gasteiger partial charge in [0.25, 0.3) is 0 Å². The summed E-state index contributed by atoms with van der Waals surface area (Å²) in [6.45, 7) is 1.11. The van der Waals surface area contributed by atoms with Crippen LogP contribution in [0.2, 0.25) is 0 Å². The average molecular weight is 544 g/mol. The molecule has 7 rings (SSSR count). The van der Waals surface area contributed by atoms with Crippen molar-refractivity contribution < 1.29 is 9.84 Å². The van der Waals surface area contributed by atoms with Crippen molar-refractivity contribution >= 4 is 32.5 Å². The second-order valence-electron chi connectivity index (χ2n) is 9.63. The van der Waals surface area contributed by atoms with Crippen molar-refractivity contribution in [3.63, 3.8) is 0 Å². The van der Waals surface area contributed by atoms with E-state index in [1.54, 1.807) is 23.7 Å². The molecule has 0 aliphatic heterocycles. The third-order valence-corrected chi connectivity index (χ3v) is 8.12. The van der Waals surface area contributed by atoms with Gasteiger partial charge >= 0.3 is 0 Å². The van der Waals surface area contributed by atoms with Crippen molar-refractivity contribution in [2.75, 3.05) is 0 Å². The highest BCUT2D eigenvalue weighted by Gasteiger charge is 2.37. The number of ether oxygens (including phenoxy) is 1. The highest BCUT2D eigenvalue weighted by Crippen LogP contribution is 2.38. The van der Waals surface area contributed by atoms with E-state index in [0.29, 0.717) is 30.2 Å². The monoisotopic (exact) mass is 543 g/mol. The Hall–Kier alpha value is -4.63. The highest BCUT2D eigenvalue weighted by molar-refractivity contribution is 7.19. The van der Waals surface area contributed by atoms with Gasteiger partial charge in [0.05, 0.1) is 40.5 Å². The first-order chi connectivity index (χ1) is 19.7. The molecule has 0 spiro atoms. The summed E-state index contributed by atoms with van der Waals surface area (Å²) in [4.78, 5) is 13.6. The van der Waals surface area contributed by atoms with Gasteiger partial charge in [-0.15, -0.1) is 11.3 Å². The number of benzene rings is 2. The van der Waals surface area contributed by atoms with Gasteiger partial charge in [0, 0.05) is 28.2 Å². The topological polar surface area (TPSA) is 99.7 Å². The third kappa shape index (κ3) is 4.38. The molecule has 7 nitrogen and oxygen atoms in total. The molecule has 0 fully saturated rings. The minimum atomic E-state index is -1.51. The van der Waals surface area contributed by atoms with Crippen LogP contribution in [-0.4, -0.2) is 30.3 Å². The lowest BCUT2D eigenvalue weighted by Crippen LogP contribution is -2.31. The van der Waals surface area contributed by atoms with Crippen molar-refractivity contribution in [2.24, 2.45) is 0 Å². The van der Waals surface area contributed by atoms with E-state index in [2.05, 4.69) is 49.4 Å².